The van der Waals surface area contributed by atoms with Crippen molar-refractivity contribution in [1.82, 2.24) is 0 Å². The van der Waals surface area contributed by atoms with Gasteiger partial charge in [-0.1, -0.05) is 0 Å². The van der Waals surface area contributed by atoms with Crippen molar-refractivity contribution in [3.05, 3.63) is 0 Å². The summed E-state index contributed by atoms with van der Waals surface area (Å²) in [6, 6.07) is 0. The molecule has 1 fully saturated rings. The molecule has 0 aromatic rings. The Morgan fingerprint density at radius 3 is 2.53 bits per heavy atom. The lowest BCUT2D eigenvalue weighted by Crippen LogP contribution is -2.33. The van der Waals surface area contributed by atoms with Crippen LogP contribution < -0.4 is 0 Å². The molecule has 1 rings (SSSR count). The van der Waals surface area contributed by atoms with Crippen LogP contribution in [0.25, 0.3) is 0 Å². The molecule has 4 atom stereocenters. The Morgan fingerprint density at radius 1 is 1.26 bits per heavy atom. The molecule has 0 bridgehead atoms. The Balaban J connectivity index is 2.55. The molecule has 0 N–H and O–H groups in total. The maximum atomic E-state index is 14.2. The second kappa shape index (κ2) is 8.42. The van der Waals surface area contributed by atoms with Crippen LogP contribution in [-0.4, -0.2) is 58.8 Å². The van der Waals surface area contributed by atoms with Crippen molar-refractivity contribution in [2.75, 3.05) is 34.4 Å². The van der Waals surface area contributed by atoms with Crippen LogP contribution >= 0.6 is 0 Å². The smallest absolute Gasteiger partial charge is 0.303 e. The Kier molecular flexibility index (Phi) is 7.22. The van der Waals surface area contributed by atoms with Gasteiger partial charge in [0.05, 0.1) is 6.61 Å². The molecule has 1 saturated carbocycles. The summed E-state index contributed by atoms with van der Waals surface area (Å²) < 4.78 is 39.2. The van der Waals surface area contributed by atoms with Crippen LogP contribution in [0.5, 0.6) is 0 Å². The van der Waals surface area contributed by atoms with E-state index in [4.69, 9.17) is 23.7 Å². The fourth-order valence-electron chi connectivity index (χ4n) is 2.18. The molecular weight excluding hydrogens is 259 g/mol. The maximum Gasteiger partial charge on any atom is 0.303 e. The van der Waals surface area contributed by atoms with Crippen molar-refractivity contribution in [1.29, 1.82) is 0 Å². The molecule has 1 aliphatic carbocycles. The van der Waals surface area contributed by atoms with E-state index in [1.165, 1.54) is 21.1 Å². The van der Waals surface area contributed by atoms with Gasteiger partial charge in [-0.15, -0.1) is 0 Å². The molecule has 0 aliphatic heterocycles. The van der Waals surface area contributed by atoms with E-state index in [9.17, 15) is 9.18 Å². The molecule has 4 unspecified atom stereocenters. The average Bonchev–Trinajstić information content (AvgIpc) is 2.64. The first-order chi connectivity index (χ1) is 9.10. The number of hydrogen-bond acceptors (Lipinski definition) is 6. The summed E-state index contributed by atoms with van der Waals surface area (Å²) in [6.07, 6.45) is -2.52. The predicted molar refractivity (Wildman–Crippen MR) is 63.1 cm³/mol. The van der Waals surface area contributed by atoms with E-state index in [1.54, 1.807) is 0 Å². The lowest BCUT2D eigenvalue weighted by molar-refractivity contribution is -0.152. The number of hydrogen-bond donors (Lipinski definition) is 0. The zero-order chi connectivity index (χ0) is 14.3. The number of esters is 1. The van der Waals surface area contributed by atoms with E-state index in [0.717, 1.165) is 0 Å². The second-order valence-corrected chi connectivity index (χ2v) is 4.40. The molecule has 0 heterocycles. The van der Waals surface area contributed by atoms with Gasteiger partial charge in [-0.05, 0) is 6.42 Å². The van der Waals surface area contributed by atoms with Crippen LogP contribution in [0.2, 0.25) is 0 Å². The van der Waals surface area contributed by atoms with E-state index < -0.39 is 24.3 Å². The largest absolute Gasteiger partial charge is 0.459 e. The number of carbonyl (C=O) groups excluding carboxylic acids is 1. The highest BCUT2D eigenvalue weighted by molar-refractivity contribution is 5.66. The maximum absolute atomic E-state index is 14.2. The molecule has 0 saturated heterocycles. The zero-order valence-corrected chi connectivity index (χ0v) is 11.5. The van der Waals surface area contributed by atoms with Gasteiger partial charge in [0.25, 0.3) is 0 Å². The fourth-order valence-corrected chi connectivity index (χ4v) is 2.18. The van der Waals surface area contributed by atoms with Gasteiger partial charge in [0.15, 0.2) is 6.17 Å². The summed E-state index contributed by atoms with van der Waals surface area (Å²) in [4.78, 5) is 10.9. The molecule has 0 aromatic carbocycles. The Morgan fingerprint density at radius 2 is 1.95 bits per heavy atom. The van der Waals surface area contributed by atoms with Crippen molar-refractivity contribution in [2.24, 2.45) is 5.92 Å². The van der Waals surface area contributed by atoms with Crippen LogP contribution in [0.1, 0.15) is 13.3 Å². The highest BCUT2D eigenvalue weighted by Crippen LogP contribution is 2.33. The summed E-state index contributed by atoms with van der Waals surface area (Å²) in [6.45, 7) is 1.65. The third-order valence-corrected chi connectivity index (χ3v) is 2.90. The van der Waals surface area contributed by atoms with E-state index in [2.05, 4.69) is 0 Å². The average molecular weight is 280 g/mol. The summed E-state index contributed by atoms with van der Waals surface area (Å²) in [7, 11) is 2.97. The molecule has 1 aliphatic rings. The molecule has 0 spiro atoms. The van der Waals surface area contributed by atoms with Crippen LogP contribution in [0.3, 0.4) is 0 Å². The number of carbonyl (C=O) groups is 1. The molecule has 0 radical (unpaired) electrons. The zero-order valence-electron chi connectivity index (χ0n) is 11.5. The first kappa shape index (κ1) is 16.3. The van der Waals surface area contributed by atoms with Crippen molar-refractivity contribution in [3.63, 3.8) is 0 Å². The second-order valence-electron chi connectivity index (χ2n) is 4.40. The number of alkyl halides is 1. The normalized spacial score (nSPS) is 30.5. The molecular formula is C12H21FO6. The van der Waals surface area contributed by atoms with E-state index in [-0.39, 0.29) is 26.1 Å². The van der Waals surface area contributed by atoms with E-state index in [1.807, 2.05) is 0 Å². The van der Waals surface area contributed by atoms with Gasteiger partial charge in [0, 0.05) is 27.1 Å². The third-order valence-electron chi connectivity index (χ3n) is 2.90. The minimum absolute atomic E-state index is 0.0152. The van der Waals surface area contributed by atoms with Gasteiger partial charge in [0.2, 0.25) is 0 Å². The Labute approximate surface area is 112 Å². The molecule has 0 aromatic heterocycles. The van der Waals surface area contributed by atoms with Gasteiger partial charge >= 0.3 is 5.97 Å². The minimum Gasteiger partial charge on any atom is -0.459 e. The van der Waals surface area contributed by atoms with Crippen molar-refractivity contribution < 1.29 is 32.9 Å². The molecule has 19 heavy (non-hydrogen) atoms. The van der Waals surface area contributed by atoms with E-state index in [0.29, 0.717) is 6.42 Å². The van der Waals surface area contributed by atoms with Gasteiger partial charge in [-0.2, -0.15) is 0 Å². The topological polar surface area (TPSA) is 63.2 Å². The number of halogens is 1. The van der Waals surface area contributed by atoms with Crippen LogP contribution in [0, 0.1) is 5.92 Å². The molecule has 0 amide bonds. The lowest BCUT2D eigenvalue weighted by Gasteiger charge is -2.21. The fraction of sp³-hybridized carbons (Fsp3) is 0.917. The summed E-state index contributed by atoms with van der Waals surface area (Å²) in [5, 5.41) is 0. The highest BCUT2D eigenvalue weighted by Gasteiger charge is 2.46. The first-order valence-corrected chi connectivity index (χ1v) is 6.08. The number of methoxy groups -OCH3 is 2. The van der Waals surface area contributed by atoms with Gasteiger partial charge < -0.3 is 23.7 Å². The van der Waals surface area contributed by atoms with E-state index >= 15 is 0 Å². The number of rotatable bonds is 8. The summed E-state index contributed by atoms with van der Waals surface area (Å²) >= 11 is 0. The van der Waals surface area contributed by atoms with Gasteiger partial charge in [-0.3, -0.25) is 4.79 Å². The van der Waals surface area contributed by atoms with Crippen LogP contribution in [-0.2, 0) is 28.5 Å². The summed E-state index contributed by atoms with van der Waals surface area (Å²) in [5.41, 5.74) is 0. The molecule has 112 valence electrons. The van der Waals surface area contributed by atoms with Crippen molar-refractivity contribution >= 4 is 5.97 Å². The SMILES string of the molecule is COCOCC1CC(OC(C)=O)C(F)C1OCOC. The minimum atomic E-state index is -1.38. The highest BCUT2D eigenvalue weighted by atomic mass is 19.1. The Bertz CT molecular complexity index is 275. The summed E-state index contributed by atoms with van der Waals surface area (Å²) in [5.74, 6) is -0.707. The van der Waals surface area contributed by atoms with Gasteiger partial charge in [0.1, 0.15) is 25.8 Å². The molecule has 6 nitrogen and oxygen atoms in total. The monoisotopic (exact) mass is 280 g/mol. The third kappa shape index (κ3) is 5.02. The lowest BCUT2D eigenvalue weighted by atomic mass is 10.1. The first-order valence-electron chi connectivity index (χ1n) is 6.08. The molecule has 7 heteroatoms. The number of ether oxygens (including phenoxy) is 5. The predicted octanol–water partition coefficient (Wildman–Crippen LogP) is 0.886. The van der Waals surface area contributed by atoms with Crippen LogP contribution in [0.15, 0.2) is 0 Å². The standard InChI is InChI=1S/C12H21FO6/c1-8(14)19-10-4-9(5-17-6-15-2)12(11(10)13)18-7-16-3/h9-12H,4-7H2,1-3H3. The van der Waals surface area contributed by atoms with Crippen LogP contribution in [0.4, 0.5) is 4.39 Å². The van der Waals surface area contributed by atoms with Crippen molar-refractivity contribution in [3.8, 4) is 0 Å². The quantitative estimate of drug-likeness (QED) is 0.374. The van der Waals surface area contributed by atoms with Gasteiger partial charge in [-0.25, -0.2) is 4.39 Å². The van der Waals surface area contributed by atoms with Crippen molar-refractivity contribution in [2.45, 2.75) is 31.7 Å². The Hall–Kier alpha value is -0.760.